The molecule has 1 saturated heterocycles. The van der Waals surface area contributed by atoms with E-state index < -0.39 is 0 Å². The summed E-state index contributed by atoms with van der Waals surface area (Å²) in [6, 6.07) is 0. The maximum atomic E-state index is 10.1. The van der Waals surface area contributed by atoms with E-state index in [0.717, 1.165) is 19.3 Å². The second-order valence-corrected chi connectivity index (χ2v) is 2.50. The van der Waals surface area contributed by atoms with Crippen LogP contribution < -0.4 is 0 Å². The molecule has 0 aromatic carbocycles. The van der Waals surface area contributed by atoms with Crippen molar-refractivity contribution in [2.75, 3.05) is 6.61 Å². The third-order valence-electron chi connectivity index (χ3n) is 2.07. The van der Waals surface area contributed by atoms with Crippen molar-refractivity contribution in [3.63, 3.8) is 0 Å². The molecule has 0 aromatic rings. The highest BCUT2D eigenvalue weighted by atomic mass is 16.5. The van der Waals surface area contributed by atoms with Crippen LogP contribution in [0.4, 0.5) is 0 Å². The molecule has 0 N–H and O–H groups in total. The van der Waals surface area contributed by atoms with E-state index in [1.54, 1.807) is 0 Å². The fourth-order valence-electron chi connectivity index (χ4n) is 1.48. The van der Waals surface area contributed by atoms with Gasteiger partial charge in [-0.2, -0.15) is 0 Å². The van der Waals surface area contributed by atoms with Crippen LogP contribution in [0.25, 0.3) is 0 Å². The molecule has 2 fully saturated rings. The van der Waals surface area contributed by atoms with Gasteiger partial charge in [0.2, 0.25) is 0 Å². The molecule has 1 aliphatic carbocycles. The number of rotatable bonds is 1. The number of hydrogen-bond donors (Lipinski definition) is 0. The van der Waals surface area contributed by atoms with Crippen molar-refractivity contribution in [3.05, 3.63) is 0 Å². The molecule has 1 heterocycles. The summed E-state index contributed by atoms with van der Waals surface area (Å²) in [5.41, 5.74) is 0. The van der Waals surface area contributed by atoms with E-state index in [1.165, 1.54) is 0 Å². The van der Waals surface area contributed by atoms with Gasteiger partial charge in [-0.15, -0.1) is 0 Å². The summed E-state index contributed by atoms with van der Waals surface area (Å²) in [6.45, 7) is 0.875. The Morgan fingerprint density at radius 1 is 1.62 bits per heavy atom. The summed E-state index contributed by atoms with van der Waals surface area (Å²) in [6.07, 6.45) is 2.45. The monoisotopic (exact) mass is 112 g/mol. The molecule has 0 aromatic heterocycles. The van der Waals surface area contributed by atoms with Crippen molar-refractivity contribution in [1.82, 2.24) is 0 Å². The molecule has 1 aliphatic heterocycles. The van der Waals surface area contributed by atoms with Gasteiger partial charge in [0.05, 0.1) is 6.10 Å². The van der Waals surface area contributed by atoms with E-state index in [4.69, 9.17) is 4.74 Å². The average molecular weight is 112 g/mol. The Balaban J connectivity index is 2.03. The molecule has 8 heavy (non-hydrogen) atoms. The molecule has 0 amide bonds. The summed E-state index contributed by atoms with van der Waals surface area (Å²) < 4.78 is 5.20. The third kappa shape index (κ3) is 0.388. The molecule has 3 unspecified atom stereocenters. The van der Waals surface area contributed by atoms with Gasteiger partial charge in [-0.25, -0.2) is 0 Å². The van der Waals surface area contributed by atoms with Gasteiger partial charge in [-0.05, 0) is 12.3 Å². The Hall–Kier alpha value is -0.370. The fraction of sp³-hybridized carbons (Fsp3) is 0.833. The Bertz CT molecular complexity index is 112. The summed E-state index contributed by atoms with van der Waals surface area (Å²) in [5.74, 6) is 0.872. The summed E-state index contributed by atoms with van der Waals surface area (Å²) >= 11 is 0. The van der Waals surface area contributed by atoms with Gasteiger partial charge in [-0.3, -0.25) is 0 Å². The van der Waals surface area contributed by atoms with Crippen LogP contribution in [0.5, 0.6) is 0 Å². The zero-order chi connectivity index (χ0) is 5.56. The number of hydrogen-bond acceptors (Lipinski definition) is 2. The molecular formula is C6H8O2. The topological polar surface area (TPSA) is 26.3 Å². The molecule has 2 aliphatic rings. The highest BCUT2D eigenvalue weighted by Crippen LogP contribution is 2.47. The van der Waals surface area contributed by atoms with Crippen molar-refractivity contribution in [2.24, 2.45) is 11.8 Å². The standard InChI is InChI=1S/C6H8O2/c7-3-5-4-1-2-8-6(4)5/h3-6H,1-2H2. The van der Waals surface area contributed by atoms with Gasteiger partial charge < -0.3 is 9.53 Å². The van der Waals surface area contributed by atoms with Crippen LogP contribution in [0.2, 0.25) is 0 Å². The Labute approximate surface area is 47.8 Å². The van der Waals surface area contributed by atoms with Crippen molar-refractivity contribution < 1.29 is 9.53 Å². The minimum atomic E-state index is 0.267. The van der Waals surface area contributed by atoms with Crippen LogP contribution in [-0.4, -0.2) is 19.0 Å². The van der Waals surface area contributed by atoms with Gasteiger partial charge in [0.15, 0.2) is 0 Å². The molecule has 0 spiro atoms. The molecule has 2 rings (SSSR count). The number of aldehydes is 1. The van der Waals surface area contributed by atoms with E-state index in [-0.39, 0.29) is 5.92 Å². The Kier molecular flexibility index (Phi) is 0.742. The van der Waals surface area contributed by atoms with E-state index in [2.05, 4.69) is 0 Å². The van der Waals surface area contributed by atoms with E-state index in [1.807, 2.05) is 0 Å². The first-order valence-electron chi connectivity index (χ1n) is 3.00. The minimum Gasteiger partial charge on any atom is -0.377 e. The van der Waals surface area contributed by atoms with Crippen LogP contribution in [0, 0.1) is 11.8 Å². The van der Waals surface area contributed by atoms with E-state index in [9.17, 15) is 4.79 Å². The lowest BCUT2D eigenvalue weighted by atomic mass is 10.3. The molecule has 0 bridgehead atoms. The molecule has 0 radical (unpaired) electrons. The van der Waals surface area contributed by atoms with Crippen molar-refractivity contribution in [3.8, 4) is 0 Å². The Morgan fingerprint density at radius 3 is 2.88 bits per heavy atom. The molecule has 3 atom stereocenters. The SMILES string of the molecule is O=CC1C2CCOC12. The molecule has 44 valence electrons. The zero-order valence-corrected chi connectivity index (χ0v) is 4.54. The van der Waals surface area contributed by atoms with E-state index >= 15 is 0 Å². The van der Waals surface area contributed by atoms with Crippen LogP contribution in [-0.2, 0) is 9.53 Å². The third-order valence-corrected chi connectivity index (χ3v) is 2.07. The molecular weight excluding hydrogens is 104 g/mol. The number of carbonyl (C=O) groups excluding carboxylic acids is 1. The quantitative estimate of drug-likeness (QED) is 0.453. The van der Waals surface area contributed by atoms with E-state index in [0.29, 0.717) is 12.0 Å². The highest BCUT2D eigenvalue weighted by molar-refractivity contribution is 5.60. The van der Waals surface area contributed by atoms with Crippen molar-refractivity contribution in [2.45, 2.75) is 12.5 Å². The molecule has 2 heteroatoms. The minimum absolute atomic E-state index is 0.267. The number of fused-ring (bicyclic) bond motifs is 1. The lowest BCUT2D eigenvalue weighted by molar-refractivity contribution is -0.110. The normalized spacial score (nSPS) is 50.8. The number of ether oxygens (including phenoxy) is 1. The molecule has 2 nitrogen and oxygen atoms in total. The first kappa shape index (κ1) is 4.50. The van der Waals surface area contributed by atoms with Crippen molar-refractivity contribution >= 4 is 6.29 Å². The van der Waals surface area contributed by atoms with Crippen LogP contribution in [0.3, 0.4) is 0 Å². The highest BCUT2D eigenvalue weighted by Gasteiger charge is 2.54. The van der Waals surface area contributed by atoms with Gasteiger partial charge in [0, 0.05) is 12.5 Å². The molecule has 1 saturated carbocycles. The zero-order valence-electron chi connectivity index (χ0n) is 4.54. The largest absolute Gasteiger partial charge is 0.377 e. The summed E-state index contributed by atoms with van der Waals surface area (Å²) in [7, 11) is 0. The second kappa shape index (κ2) is 1.32. The predicted octanol–water partition coefficient (Wildman–Crippen LogP) is 0.220. The van der Waals surface area contributed by atoms with Crippen LogP contribution in [0.15, 0.2) is 0 Å². The average Bonchev–Trinajstić information content (AvgIpc) is 2.22. The smallest absolute Gasteiger partial charge is 0.126 e. The number of carbonyl (C=O) groups is 1. The maximum absolute atomic E-state index is 10.1. The fourth-order valence-corrected chi connectivity index (χ4v) is 1.48. The van der Waals surface area contributed by atoms with Gasteiger partial charge in [0.25, 0.3) is 0 Å². The maximum Gasteiger partial charge on any atom is 0.126 e. The lowest BCUT2D eigenvalue weighted by Crippen LogP contribution is -1.96. The van der Waals surface area contributed by atoms with Crippen molar-refractivity contribution in [1.29, 1.82) is 0 Å². The predicted molar refractivity (Wildman–Crippen MR) is 27.4 cm³/mol. The summed E-state index contributed by atoms with van der Waals surface area (Å²) in [5, 5.41) is 0. The first-order valence-corrected chi connectivity index (χ1v) is 3.00. The van der Waals surface area contributed by atoms with Gasteiger partial charge >= 0.3 is 0 Å². The van der Waals surface area contributed by atoms with Crippen LogP contribution in [0.1, 0.15) is 6.42 Å². The second-order valence-electron chi connectivity index (χ2n) is 2.50. The Morgan fingerprint density at radius 2 is 2.50 bits per heavy atom. The first-order chi connectivity index (χ1) is 3.93. The van der Waals surface area contributed by atoms with Gasteiger partial charge in [-0.1, -0.05) is 0 Å². The van der Waals surface area contributed by atoms with Gasteiger partial charge in [0.1, 0.15) is 6.29 Å². The lowest BCUT2D eigenvalue weighted by Gasteiger charge is -1.92. The summed E-state index contributed by atoms with van der Waals surface area (Å²) in [4.78, 5) is 10.1. The van der Waals surface area contributed by atoms with Crippen LogP contribution >= 0.6 is 0 Å².